The lowest BCUT2D eigenvalue weighted by molar-refractivity contribution is 0.290. The van der Waals surface area contributed by atoms with Crippen LogP contribution in [0.3, 0.4) is 0 Å². The zero-order valence-electron chi connectivity index (χ0n) is 8.34. The Morgan fingerprint density at radius 2 is 2.00 bits per heavy atom. The molecule has 2 atom stereocenters. The molecule has 0 aromatic carbocycles. The first-order valence-corrected chi connectivity index (χ1v) is 5.19. The van der Waals surface area contributed by atoms with Crippen molar-refractivity contribution in [2.24, 2.45) is 11.7 Å². The summed E-state index contributed by atoms with van der Waals surface area (Å²) in [7, 11) is 0. The van der Waals surface area contributed by atoms with E-state index in [-0.39, 0.29) is 0 Å². The van der Waals surface area contributed by atoms with Crippen molar-refractivity contribution in [3.8, 4) is 0 Å². The molecule has 3 N–H and O–H groups in total. The van der Waals surface area contributed by atoms with Gasteiger partial charge in [0, 0.05) is 12.1 Å². The summed E-state index contributed by atoms with van der Waals surface area (Å²) < 4.78 is 0. The molecular weight excluding hydrogens is 148 g/mol. The molecule has 0 radical (unpaired) electrons. The van der Waals surface area contributed by atoms with Gasteiger partial charge in [0.1, 0.15) is 0 Å². The zero-order chi connectivity index (χ0) is 8.97. The van der Waals surface area contributed by atoms with Gasteiger partial charge in [-0.15, -0.1) is 0 Å². The van der Waals surface area contributed by atoms with Crippen LogP contribution in [-0.2, 0) is 0 Å². The summed E-state index contributed by atoms with van der Waals surface area (Å²) in [6.07, 6.45) is 5.25. The van der Waals surface area contributed by atoms with Gasteiger partial charge in [0.2, 0.25) is 0 Å². The molecule has 2 nitrogen and oxygen atoms in total. The van der Waals surface area contributed by atoms with Gasteiger partial charge in [-0.05, 0) is 25.3 Å². The summed E-state index contributed by atoms with van der Waals surface area (Å²) in [6.45, 7) is 5.49. The van der Waals surface area contributed by atoms with E-state index in [1.807, 2.05) is 0 Å². The van der Waals surface area contributed by atoms with E-state index in [0.29, 0.717) is 12.1 Å². The Hall–Kier alpha value is -0.0800. The summed E-state index contributed by atoms with van der Waals surface area (Å²) in [5.41, 5.74) is 6.03. The minimum Gasteiger partial charge on any atom is -0.327 e. The Bertz CT molecular complexity index is 123. The minimum absolute atomic E-state index is 0.449. The topological polar surface area (TPSA) is 38.0 Å². The van der Waals surface area contributed by atoms with Crippen molar-refractivity contribution in [3.63, 3.8) is 0 Å². The molecule has 0 aromatic heterocycles. The highest BCUT2D eigenvalue weighted by molar-refractivity contribution is 4.79. The molecular formula is C10H22N2. The lowest BCUT2D eigenvalue weighted by Crippen LogP contribution is -2.41. The molecule has 0 heterocycles. The minimum atomic E-state index is 0.449. The highest BCUT2D eigenvalue weighted by atomic mass is 14.9. The van der Waals surface area contributed by atoms with E-state index in [1.165, 1.54) is 25.7 Å². The molecule has 0 unspecified atom stereocenters. The van der Waals surface area contributed by atoms with E-state index >= 15 is 0 Å². The van der Waals surface area contributed by atoms with Gasteiger partial charge in [0.05, 0.1) is 0 Å². The molecule has 0 spiro atoms. The first-order valence-electron chi connectivity index (χ1n) is 5.19. The summed E-state index contributed by atoms with van der Waals surface area (Å²) in [5.74, 6) is 0.723. The van der Waals surface area contributed by atoms with Crippen LogP contribution in [0.15, 0.2) is 0 Å². The Balaban J connectivity index is 2.20. The Labute approximate surface area is 75.9 Å². The van der Waals surface area contributed by atoms with Gasteiger partial charge in [-0.3, -0.25) is 0 Å². The summed E-state index contributed by atoms with van der Waals surface area (Å²) >= 11 is 0. The molecule has 72 valence electrons. The molecule has 0 amide bonds. The molecule has 0 aliphatic heterocycles. The van der Waals surface area contributed by atoms with Crippen LogP contribution in [0.2, 0.25) is 0 Å². The normalized spacial score (nSPS) is 31.0. The van der Waals surface area contributed by atoms with Crippen LogP contribution < -0.4 is 11.1 Å². The largest absolute Gasteiger partial charge is 0.327 e. The maximum atomic E-state index is 6.03. The molecule has 0 saturated heterocycles. The fraction of sp³-hybridized carbons (Fsp3) is 1.00. The molecule has 1 aliphatic carbocycles. The van der Waals surface area contributed by atoms with Crippen molar-refractivity contribution in [2.75, 3.05) is 6.54 Å². The van der Waals surface area contributed by atoms with Crippen LogP contribution in [0, 0.1) is 5.92 Å². The van der Waals surface area contributed by atoms with Crippen LogP contribution in [0.4, 0.5) is 0 Å². The molecule has 1 rings (SSSR count). The number of nitrogens with one attached hydrogen (secondary N) is 1. The lowest BCUT2D eigenvalue weighted by Gasteiger charge is -2.29. The number of hydrogen-bond acceptors (Lipinski definition) is 2. The number of nitrogens with two attached hydrogens (primary N) is 1. The molecule has 1 aliphatic rings. The fourth-order valence-electron chi connectivity index (χ4n) is 1.88. The average Bonchev–Trinajstić information content (AvgIpc) is 2.03. The lowest BCUT2D eigenvalue weighted by atomic mass is 9.85. The monoisotopic (exact) mass is 170 g/mol. The van der Waals surface area contributed by atoms with Crippen molar-refractivity contribution in [1.29, 1.82) is 0 Å². The summed E-state index contributed by atoms with van der Waals surface area (Å²) in [6, 6.07) is 1.05. The Morgan fingerprint density at radius 1 is 1.33 bits per heavy atom. The molecule has 0 bridgehead atoms. The molecule has 12 heavy (non-hydrogen) atoms. The first-order chi connectivity index (χ1) is 5.70. The fourth-order valence-corrected chi connectivity index (χ4v) is 1.88. The van der Waals surface area contributed by atoms with Gasteiger partial charge >= 0.3 is 0 Å². The molecule has 2 heteroatoms. The maximum Gasteiger partial charge on any atom is 0.00792 e. The third kappa shape index (κ3) is 3.11. The predicted molar refractivity (Wildman–Crippen MR) is 53.1 cm³/mol. The van der Waals surface area contributed by atoms with Gasteiger partial charge in [-0.1, -0.05) is 26.7 Å². The van der Waals surface area contributed by atoms with Gasteiger partial charge in [0.15, 0.2) is 0 Å². The van der Waals surface area contributed by atoms with Crippen LogP contribution >= 0.6 is 0 Å². The number of rotatable bonds is 3. The number of hydrogen-bond donors (Lipinski definition) is 2. The van der Waals surface area contributed by atoms with E-state index in [0.717, 1.165) is 12.5 Å². The second-order valence-corrected chi connectivity index (χ2v) is 4.27. The molecule has 1 saturated carbocycles. The van der Waals surface area contributed by atoms with Gasteiger partial charge in [0.25, 0.3) is 0 Å². The van der Waals surface area contributed by atoms with Crippen molar-refractivity contribution >= 4 is 0 Å². The van der Waals surface area contributed by atoms with Gasteiger partial charge in [-0.2, -0.15) is 0 Å². The van der Waals surface area contributed by atoms with E-state index < -0.39 is 0 Å². The van der Waals surface area contributed by atoms with Gasteiger partial charge < -0.3 is 11.1 Å². The quantitative estimate of drug-likeness (QED) is 0.673. The van der Waals surface area contributed by atoms with Crippen LogP contribution in [-0.4, -0.2) is 18.6 Å². The smallest absolute Gasteiger partial charge is 0.00792 e. The van der Waals surface area contributed by atoms with E-state index in [2.05, 4.69) is 19.2 Å². The average molecular weight is 170 g/mol. The second-order valence-electron chi connectivity index (χ2n) is 4.27. The Kier molecular flexibility index (Phi) is 4.02. The standard InChI is InChI=1S/C10H22N2/c1-8(2)12-7-9-5-3-4-6-10(9)11/h8-10,12H,3-7,11H2,1-2H3/t9-,10-/m0/s1. The third-order valence-electron chi connectivity index (χ3n) is 2.76. The SMILES string of the molecule is CC(C)NC[C@@H]1CCCC[C@@H]1N. The maximum absolute atomic E-state index is 6.03. The second kappa shape index (κ2) is 4.83. The van der Waals surface area contributed by atoms with Crippen molar-refractivity contribution in [3.05, 3.63) is 0 Å². The zero-order valence-corrected chi connectivity index (χ0v) is 8.34. The van der Waals surface area contributed by atoms with Gasteiger partial charge in [-0.25, -0.2) is 0 Å². The van der Waals surface area contributed by atoms with Crippen molar-refractivity contribution < 1.29 is 0 Å². The van der Waals surface area contributed by atoms with Crippen LogP contribution in [0.5, 0.6) is 0 Å². The predicted octanol–water partition coefficient (Wildman–Crippen LogP) is 1.50. The molecule has 1 fully saturated rings. The van der Waals surface area contributed by atoms with Crippen LogP contribution in [0.25, 0.3) is 0 Å². The molecule has 0 aromatic rings. The van der Waals surface area contributed by atoms with E-state index in [9.17, 15) is 0 Å². The Morgan fingerprint density at radius 3 is 2.58 bits per heavy atom. The van der Waals surface area contributed by atoms with E-state index in [4.69, 9.17) is 5.73 Å². The van der Waals surface area contributed by atoms with E-state index in [1.54, 1.807) is 0 Å². The summed E-state index contributed by atoms with van der Waals surface area (Å²) in [5, 5.41) is 3.47. The highest BCUT2D eigenvalue weighted by Crippen LogP contribution is 2.22. The van der Waals surface area contributed by atoms with Crippen LogP contribution in [0.1, 0.15) is 39.5 Å². The highest BCUT2D eigenvalue weighted by Gasteiger charge is 2.21. The first kappa shape index (κ1) is 10.0. The third-order valence-corrected chi connectivity index (χ3v) is 2.76. The van der Waals surface area contributed by atoms with Crippen molar-refractivity contribution in [2.45, 2.75) is 51.6 Å². The summed E-state index contributed by atoms with van der Waals surface area (Å²) in [4.78, 5) is 0. The van der Waals surface area contributed by atoms with Crippen molar-refractivity contribution in [1.82, 2.24) is 5.32 Å².